The Bertz CT molecular complexity index is 1700. The Balaban J connectivity index is 1.41. The predicted molar refractivity (Wildman–Crippen MR) is 156 cm³/mol. The number of aryl methyl sites for hydroxylation is 1. The Labute approximate surface area is 225 Å². The van der Waals surface area contributed by atoms with Crippen LogP contribution < -0.4 is 5.56 Å². The summed E-state index contributed by atoms with van der Waals surface area (Å²) in [7, 11) is 0. The van der Waals surface area contributed by atoms with Crippen molar-refractivity contribution in [2.45, 2.75) is 24.3 Å². The third-order valence-corrected chi connectivity index (χ3v) is 7.45. The van der Waals surface area contributed by atoms with Crippen molar-refractivity contribution in [3.63, 3.8) is 0 Å². The summed E-state index contributed by atoms with van der Waals surface area (Å²) < 4.78 is 1.73. The average Bonchev–Trinajstić information content (AvgIpc) is 3.42. The van der Waals surface area contributed by atoms with Crippen LogP contribution in [0.15, 0.2) is 119 Å². The topological polar surface area (TPSA) is 63.6 Å². The van der Waals surface area contributed by atoms with Crippen molar-refractivity contribution in [2.75, 3.05) is 0 Å². The van der Waals surface area contributed by atoms with Gasteiger partial charge in [0.15, 0.2) is 5.16 Å². The Morgan fingerprint density at radius 1 is 0.763 bits per heavy atom. The van der Waals surface area contributed by atoms with Crippen LogP contribution in [-0.2, 0) is 12.2 Å². The number of imidazole rings is 1. The second-order valence-corrected chi connectivity index (χ2v) is 9.96. The van der Waals surface area contributed by atoms with Gasteiger partial charge in [-0.2, -0.15) is 0 Å². The van der Waals surface area contributed by atoms with Crippen LogP contribution in [0.5, 0.6) is 0 Å². The van der Waals surface area contributed by atoms with Crippen LogP contribution in [0.3, 0.4) is 0 Å². The molecule has 6 heteroatoms. The minimum atomic E-state index is -0.0650. The van der Waals surface area contributed by atoms with Crippen LogP contribution in [-0.4, -0.2) is 19.5 Å². The number of aromatic amines is 1. The fourth-order valence-corrected chi connectivity index (χ4v) is 5.38. The van der Waals surface area contributed by atoms with Gasteiger partial charge in [0.05, 0.1) is 33.7 Å². The van der Waals surface area contributed by atoms with Gasteiger partial charge in [0, 0.05) is 11.1 Å². The molecule has 2 heterocycles. The number of fused-ring (bicyclic) bond motifs is 1. The summed E-state index contributed by atoms with van der Waals surface area (Å²) in [6.07, 6.45) is 0.944. The Morgan fingerprint density at radius 3 is 2.13 bits per heavy atom. The third-order valence-electron chi connectivity index (χ3n) is 6.58. The highest BCUT2D eigenvalue weighted by Crippen LogP contribution is 2.33. The van der Waals surface area contributed by atoms with Crippen molar-refractivity contribution in [1.29, 1.82) is 0 Å². The standard InChI is InChI=1S/C32H26N4OS/c1-2-22-17-19-25(20-18-22)36-28(33-27-16-10-9-15-26(27)31(36)37)21-38-32-34-29(23-11-5-3-6-12-23)30(35-32)24-13-7-4-8-14-24/h3-20H,2,21H2,1H3,(H,34,35). The number of thioether (sulfide) groups is 1. The van der Waals surface area contributed by atoms with E-state index >= 15 is 0 Å². The quantitative estimate of drug-likeness (QED) is 0.227. The number of nitrogens with zero attached hydrogens (tertiary/aromatic N) is 3. The average molecular weight is 515 g/mol. The Kier molecular flexibility index (Phi) is 6.63. The van der Waals surface area contributed by atoms with E-state index in [0.717, 1.165) is 39.8 Å². The van der Waals surface area contributed by atoms with E-state index in [1.807, 2.05) is 72.8 Å². The summed E-state index contributed by atoms with van der Waals surface area (Å²) in [5.74, 6) is 1.16. The van der Waals surface area contributed by atoms with E-state index in [0.29, 0.717) is 22.5 Å². The van der Waals surface area contributed by atoms with Crippen molar-refractivity contribution in [2.24, 2.45) is 0 Å². The van der Waals surface area contributed by atoms with Crippen LogP contribution in [0.25, 0.3) is 39.1 Å². The lowest BCUT2D eigenvalue weighted by Gasteiger charge is -2.13. The van der Waals surface area contributed by atoms with Crippen LogP contribution in [0, 0.1) is 0 Å². The second kappa shape index (κ2) is 10.5. The van der Waals surface area contributed by atoms with Crippen LogP contribution in [0.2, 0.25) is 0 Å². The summed E-state index contributed by atoms with van der Waals surface area (Å²) in [5.41, 5.74) is 6.67. The van der Waals surface area contributed by atoms with E-state index < -0.39 is 0 Å². The number of hydrogen-bond acceptors (Lipinski definition) is 4. The molecular formula is C32H26N4OS. The van der Waals surface area contributed by atoms with Gasteiger partial charge < -0.3 is 4.98 Å². The number of hydrogen-bond donors (Lipinski definition) is 1. The molecule has 0 amide bonds. The van der Waals surface area contributed by atoms with Gasteiger partial charge in [0.2, 0.25) is 0 Å². The zero-order valence-corrected chi connectivity index (χ0v) is 21.8. The molecule has 5 nitrogen and oxygen atoms in total. The molecular weight excluding hydrogens is 488 g/mol. The minimum absolute atomic E-state index is 0.0650. The molecule has 0 saturated carbocycles. The molecule has 0 unspecified atom stereocenters. The summed E-state index contributed by atoms with van der Waals surface area (Å²) in [6, 6.07) is 36.1. The van der Waals surface area contributed by atoms with Gasteiger partial charge in [-0.05, 0) is 36.2 Å². The summed E-state index contributed by atoms with van der Waals surface area (Å²) >= 11 is 1.54. The first-order valence-electron chi connectivity index (χ1n) is 12.6. The van der Waals surface area contributed by atoms with Crippen LogP contribution >= 0.6 is 11.8 Å². The maximum absolute atomic E-state index is 13.6. The molecule has 0 spiro atoms. The van der Waals surface area contributed by atoms with E-state index in [4.69, 9.17) is 9.97 Å². The van der Waals surface area contributed by atoms with Gasteiger partial charge in [0.25, 0.3) is 5.56 Å². The zero-order chi connectivity index (χ0) is 25.9. The molecule has 0 fully saturated rings. The molecule has 186 valence electrons. The van der Waals surface area contributed by atoms with E-state index in [1.165, 1.54) is 5.56 Å². The first-order chi connectivity index (χ1) is 18.7. The van der Waals surface area contributed by atoms with Gasteiger partial charge in [-0.3, -0.25) is 9.36 Å². The number of para-hydroxylation sites is 1. The molecule has 0 atom stereocenters. The Morgan fingerprint density at radius 2 is 1.42 bits per heavy atom. The first-order valence-corrected chi connectivity index (χ1v) is 13.6. The molecule has 0 saturated heterocycles. The maximum atomic E-state index is 13.6. The molecule has 38 heavy (non-hydrogen) atoms. The highest BCUT2D eigenvalue weighted by Gasteiger charge is 2.17. The molecule has 6 aromatic rings. The van der Waals surface area contributed by atoms with Gasteiger partial charge in [0.1, 0.15) is 5.82 Å². The lowest BCUT2D eigenvalue weighted by molar-refractivity contribution is 0.880. The molecule has 6 rings (SSSR count). The summed E-state index contributed by atoms with van der Waals surface area (Å²) in [5, 5.41) is 1.38. The van der Waals surface area contributed by atoms with Crippen molar-refractivity contribution in [3.05, 3.63) is 131 Å². The summed E-state index contributed by atoms with van der Waals surface area (Å²) in [4.78, 5) is 27.1. The fraction of sp³-hybridized carbons (Fsp3) is 0.0938. The lowest BCUT2D eigenvalue weighted by Crippen LogP contribution is -2.23. The summed E-state index contributed by atoms with van der Waals surface area (Å²) in [6.45, 7) is 2.12. The fourth-order valence-electron chi connectivity index (χ4n) is 4.59. The molecule has 0 aliphatic rings. The van der Waals surface area contributed by atoms with Crippen LogP contribution in [0.4, 0.5) is 0 Å². The maximum Gasteiger partial charge on any atom is 0.265 e. The van der Waals surface area contributed by atoms with E-state index in [2.05, 4.69) is 48.3 Å². The van der Waals surface area contributed by atoms with Gasteiger partial charge in [-0.15, -0.1) is 0 Å². The number of benzene rings is 4. The van der Waals surface area contributed by atoms with Crippen molar-refractivity contribution in [3.8, 4) is 28.2 Å². The number of nitrogens with one attached hydrogen (secondary N) is 1. The smallest absolute Gasteiger partial charge is 0.265 e. The minimum Gasteiger partial charge on any atom is -0.332 e. The molecule has 0 aliphatic carbocycles. The zero-order valence-electron chi connectivity index (χ0n) is 21.0. The number of rotatable bonds is 7. The lowest BCUT2D eigenvalue weighted by atomic mass is 10.1. The Hall–Kier alpha value is -4.42. The molecule has 0 radical (unpaired) electrons. The van der Waals surface area contributed by atoms with E-state index in [9.17, 15) is 4.79 Å². The number of H-pyrrole nitrogens is 1. The van der Waals surface area contributed by atoms with Gasteiger partial charge in [-0.1, -0.05) is 104 Å². The van der Waals surface area contributed by atoms with Gasteiger partial charge >= 0.3 is 0 Å². The van der Waals surface area contributed by atoms with Crippen molar-refractivity contribution in [1.82, 2.24) is 19.5 Å². The number of aromatic nitrogens is 4. The SMILES string of the molecule is CCc1ccc(-n2c(CSc3nc(-c4ccccc4)c(-c4ccccc4)[nH]3)nc3ccccc3c2=O)cc1. The van der Waals surface area contributed by atoms with Gasteiger partial charge in [-0.25, -0.2) is 9.97 Å². The van der Waals surface area contributed by atoms with Crippen LogP contribution in [0.1, 0.15) is 18.3 Å². The molecule has 2 aromatic heterocycles. The monoisotopic (exact) mass is 514 g/mol. The third kappa shape index (κ3) is 4.66. The normalized spacial score (nSPS) is 11.2. The highest BCUT2D eigenvalue weighted by atomic mass is 32.2. The van der Waals surface area contributed by atoms with Crippen molar-refractivity contribution >= 4 is 22.7 Å². The molecule has 0 bridgehead atoms. The largest absolute Gasteiger partial charge is 0.332 e. The molecule has 1 N–H and O–H groups in total. The second-order valence-electron chi connectivity index (χ2n) is 8.99. The predicted octanol–water partition coefficient (Wildman–Crippen LogP) is 7.30. The molecule has 4 aromatic carbocycles. The van der Waals surface area contributed by atoms with E-state index in [1.54, 1.807) is 16.3 Å². The highest BCUT2D eigenvalue weighted by molar-refractivity contribution is 7.98. The van der Waals surface area contributed by atoms with Crippen molar-refractivity contribution < 1.29 is 0 Å². The first kappa shape index (κ1) is 23.9. The molecule has 0 aliphatic heterocycles. The van der Waals surface area contributed by atoms with E-state index in [-0.39, 0.29) is 5.56 Å².